The molecule has 2 aromatic carbocycles. The number of carbonyl (C=O) groups is 2. The van der Waals surface area contributed by atoms with Crippen LogP contribution in [-0.4, -0.2) is 31.2 Å². The number of ether oxygens (including phenoxy) is 2. The molecule has 0 heterocycles. The summed E-state index contributed by atoms with van der Waals surface area (Å²) in [6.45, 7) is 0. The zero-order valence-electron chi connectivity index (χ0n) is 12.4. The lowest BCUT2D eigenvalue weighted by atomic mass is 10.1. The van der Waals surface area contributed by atoms with Gasteiger partial charge in [0.25, 0.3) is 5.91 Å². The van der Waals surface area contributed by atoms with Crippen LogP contribution in [0, 0.1) is 5.82 Å². The summed E-state index contributed by atoms with van der Waals surface area (Å²) in [5.41, 5.74) is -0.138. The number of anilines is 1. The van der Waals surface area contributed by atoms with Crippen molar-refractivity contribution in [3.63, 3.8) is 0 Å². The van der Waals surface area contributed by atoms with E-state index in [0.29, 0.717) is 11.5 Å². The molecular formula is C16H14FNO5. The number of halogens is 1. The number of methoxy groups -OCH3 is 2. The topological polar surface area (TPSA) is 84.9 Å². The molecule has 0 atom stereocenters. The molecule has 0 aromatic heterocycles. The molecule has 0 saturated heterocycles. The Hall–Kier alpha value is -3.09. The molecule has 0 aliphatic carbocycles. The summed E-state index contributed by atoms with van der Waals surface area (Å²) in [4.78, 5) is 23.1. The van der Waals surface area contributed by atoms with Crippen molar-refractivity contribution in [3.05, 3.63) is 53.3 Å². The number of nitrogens with one attached hydrogen (secondary N) is 1. The number of aromatic carboxylic acids is 1. The van der Waals surface area contributed by atoms with Gasteiger partial charge in [-0.2, -0.15) is 0 Å². The minimum Gasteiger partial charge on any atom is -0.493 e. The Morgan fingerprint density at radius 2 is 1.65 bits per heavy atom. The molecular weight excluding hydrogens is 305 g/mol. The van der Waals surface area contributed by atoms with Crippen LogP contribution >= 0.6 is 0 Å². The van der Waals surface area contributed by atoms with E-state index in [-0.39, 0.29) is 16.8 Å². The second-order valence-electron chi connectivity index (χ2n) is 4.52. The van der Waals surface area contributed by atoms with E-state index in [1.165, 1.54) is 32.4 Å². The number of hydrogen-bond donors (Lipinski definition) is 2. The van der Waals surface area contributed by atoms with Crippen LogP contribution in [0.4, 0.5) is 10.1 Å². The summed E-state index contributed by atoms with van der Waals surface area (Å²) >= 11 is 0. The molecule has 6 nitrogen and oxygen atoms in total. The SMILES string of the molecule is COc1ccc(C(=O)Nc2cc(C(=O)O)ccc2F)cc1OC. The molecule has 2 N–H and O–H groups in total. The van der Waals surface area contributed by atoms with E-state index in [1.807, 2.05) is 0 Å². The lowest BCUT2D eigenvalue weighted by molar-refractivity contribution is 0.0696. The van der Waals surface area contributed by atoms with E-state index in [9.17, 15) is 14.0 Å². The summed E-state index contributed by atoms with van der Waals surface area (Å²) in [6, 6.07) is 7.61. The first kappa shape index (κ1) is 16.3. The van der Waals surface area contributed by atoms with Crippen molar-refractivity contribution in [2.24, 2.45) is 0 Å². The number of benzene rings is 2. The quantitative estimate of drug-likeness (QED) is 0.885. The molecule has 0 radical (unpaired) electrons. The van der Waals surface area contributed by atoms with Gasteiger partial charge in [-0.25, -0.2) is 9.18 Å². The van der Waals surface area contributed by atoms with E-state index in [0.717, 1.165) is 18.2 Å². The zero-order valence-corrected chi connectivity index (χ0v) is 12.4. The van der Waals surface area contributed by atoms with E-state index >= 15 is 0 Å². The Kier molecular flexibility index (Phi) is 4.80. The molecule has 0 saturated carbocycles. The van der Waals surface area contributed by atoms with E-state index < -0.39 is 17.7 Å². The number of rotatable bonds is 5. The molecule has 2 aromatic rings. The van der Waals surface area contributed by atoms with E-state index in [4.69, 9.17) is 14.6 Å². The Bertz CT molecular complexity index is 760. The highest BCUT2D eigenvalue weighted by atomic mass is 19.1. The molecule has 0 aliphatic rings. The van der Waals surface area contributed by atoms with Gasteiger partial charge in [0, 0.05) is 5.56 Å². The van der Waals surface area contributed by atoms with Gasteiger partial charge in [0.05, 0.1) is 25.5 Å². The van der Waals surface area contributed by atoms with Gasteiger partial charge in [-0.15, -0.1) is 0 Å². The molecule has 120 valence electrons. The number of carboxylic acid groups (broad SMARTS) is 1. The summed E-state index contributed by atoms with van der Waals surface area (Å²) < 4.78 is 23.9. The van der Waals surface area contributed by atoms with Crippen molar-refractivity contribution < 1.29 is 28.6 Å². The molecule has 0 aliphatic heterocycles. The summed E-state index contributed by atoms with van der Waals surface area (Å²) in [5, 5.41) is 11.2. The number of carbonyl (C=O) groups excluding carboxylic acids is 1. The lowest BCUT2D eigenvalue weighted by Crippen LogP contribution is -2.14. The largest absolute Gasteiger partial charge is 0.493 e. The molecule has 2 rings (SSSR count). The number of carboxylic acids is 1. The van der Waals surface area contributed by atoms with Crippen molar-refractivity contribution in [2.45, 2.75) is 0 Å². The minimum absolute atomic E-state index is 0.131. The van der Waals surface area contributed by atoms with Crippen LogP contribution in [0.5, 0.6) is 11.5 Å². The summed E-state index contributed by atoms with van der Waals surface area (Å²) in [7, 11) is 2.89. The third-order valence-electron chi connectivity index (χ3n) is 3.11. The van der Waals surface area contributed by atoms with Gasteiger partial charge in [-0.05, 0) is 36.4 Å². The van der Waals surface area contributed by atoms with Crippen molar-refractivity contribution in [1.82, 2.24) is 0 Å². The lowest BCUT2D eigenvalue weighted by Gasteiger charge is -2.11. The van der Waals surface area contributed by atoms with Gasteiger partial charge < -0.3 is 19.9 Å². The van der Waals surface area contributed by atoms with Crippen LogP contribution in [0.25, 0.3) is 0 Å². The molecule has 0 fully saturated rings. The first-order chi connectivity index (χ1) is 11.0. The first-order valence-corrected chi connectivity index (χ1v) is 6.52. The second-order valence-corrected chi connectivity index (χ2v) is 4.52. The normalized spacial score (nSPS) is 10.0. The summed E-state index contributed by atoms with van der Waals surface area (Å²) in [6.07, 6.45) is 0. The molecule has 0 spiro atoms. The maximum absolute atomic E-state index is 13.7. The van der Waals surface area contributed by atoms with Crippen LogP contribution in [0.1, 0.15) is 20.7 Å². The second kappa shape index (κ2) is 6.78. The predicted molar refractivity (Wildman–Crippen MR) is 80.9 cm³/mol. The third kappa shape index (κ3) is 3.57. The van der Waals surface area contributed by atoms with E-state index in [1.54, 1.807) is 0 Å². The van der Waals surface area contributed by atoms with Gasteiger partial charge in [-0.1, -0.05) is 0 Å². The van der Waals surface area contributed by atoms with E-state index in [2.05, 4.69) is 5.32 Å². The summed E-state index contributed by atoms with van der Waals surface area (Å²) in [5.74, 6) is -1.76. The Labute approximate surface area is 131 Å². The van der Waals surface area contributed by atoms with Crippen LogP contribution in [0.2, 0.25) is 0 Å². The van der Waals surface area contributed by atoms with Crippen molar-refractivity contribution in [2.75, 3.05) is 19.5 Å². The molecule has 23 heavy (non-hydrogen) atoms. The highest BCUT2D eigenvalue weighted by molar-refractivity contribution is 6.05. The fourth-order valence-corrected chi connectivity index (χ4v) is 1.93. The van der Waals surface area contributed by atoms with Gasteiger partial charge in [0.2, 0.25) is 0 Å². The van der Waals surface area contributed by atoms with Crippen LogP contribution < -0.4 is 14.8 Å². The van der Waals surface area contributed by atoms with Crippen molar-refractivity contribution >= 4 is 17.6 Å². The van der Waals surface area contributed by atoms with Gasteiger partial charge in [0.1, 0.15) is 5.82 Å². The Morgan fingerprint density at radius 3 is 2.26 bits per heavy atom. The molecule has 7 heteroatoms. The predicted octanol–water partition coefficient (Wildman–Crippen LogP) is 2.79. The highest BCUT2D eigenvalue weighted by Crippen LogP contribution is 2.28. The maximum Gasteiger partial charge on any atom is 0.335 e. The van der Waals surface area contributed by atoms with Crippen LogP contribution in [-0.2, 0) is 0 Å². The monoisotopic (exact) mass is 319 g/mol. The number of hydrogen-bond acceptors (Lipinski definition) is 4. The average molecular weight is 319 g/mol. The Morgan fingerprint density at radius 1 is 1.00 bits per heavy atom. The molecule has 1 amide bonds. The maximum atomic E-state index is 13.7. The smallest absolute Gasteiger partial charge is 0.335 e. The fourth-order valence-electron chi connectivity index (χ4n) is 1.93. The number of amides is 1. The van der Waals surface area contributed by atoms with Crippen molar-refractivity contribution in [1.29, 1.82) is 0 Å². The van der Waals surface area contributed by atoms with Crippen molar-refractivity contribution in [3.8, 4) is 11.5 Å². The standard InChI is InChI=1S/C16H14FNO5/c1-22-13-6-4-9(8-14(13)23-2)15(19)18-12-7-10(16(20)21)3-5-11(12)17/h3-8H,1-2H3,(H,18,19)(H,20,21). The van der Waals surface area contributed by atoms with Crippen LogP contribution in [0.15, 0.2) is 36.4 Å². The minimum atomic E-state index is -1.22. The fraction of sp³-hybridized carbons (Fsp3) is 0.125. The molecule has 0 unspecified atom stereocenters. The van der Waals surface area contributed by atoms with Gasteiger partial charge in [0.15, 0.2) is 11.5 Å². The highest BCUT2D eigenvalue weighted by Gasteiger charge is 2.14. The van der Waals surface area contributed by atoms with Gasteiger partial charge in [-0.3, -0.25) is 4.79 Å². The third-order valence-corrected chi connectivity index (χ3v) is 3.11. The average Bonchev–Trinajstić information content (AvgIpc) is 2.55. The first-order valence-electron chi connectivity index (χ1n) is 6.52. The van der Waals surface area contributed by atoms with Crippen LogP contribution in [0.3, 0.4) is 0 Å². The molecule has 0 bridgehead atoms. The zero-order chi connectivity index (χ0) is 17.0. The van der Waals surface area contributed by atoms with Gasteiger partial charge >= 0.3 is 5.97 Å². The Balaban J connectivity index is 2.29.